The number of amides is 1. The van der Waals surface area contributed by atoms with Gasteiger partial charge in [-0.15, -0.1) is 0 Å². The van der Waals surface area contributed by atoms with Crippen LogP contribution in [0.15, 0.2) is 31.1 Å². The van der Waals surface area contributed by atoms with Crippen molar-refractivity contribution >= 4 is 11.9 Å². The Labute approximate surface area is 145 Å². The molecular weight excluding hydrogens is 320 g/mol. The van der Waals surface area contributed by atoms with Crippen LogP contribution in [0.2, 0.25) is 0 Å². The highest BCUT2D eigenvalue weighted by Gasteiger charge is 2.45. The number of carbonyl (C=O) groups is 1. The van der Waals surface area contributed by atoms with Crippen molar-refractivity contribution in [3.05, 3.63) is 42.2 Å². The molecule has 25 heavy (non-hydrogen) atoms. The number of nitrogens with zero attached hydrogens (tertiary/aromatic N) is 5. The molecule has 0 spiro atoms. The Hall–Kier alpha value is -2.61. The molecule has 0 radical (unpaired) electrons. The molecular formula is C17H20N6O2. The molecule has 8 nitrogen and oxygen atoms in total. The summed E-state index contributed by atoms with van der Waals surface area (Å²) in [5.41, 5.74) is 1.25. The fraction of sp³-hybridized carbons (Fsp3) is 0.471. The minimum absolute atomic E-state index is 0.136. The quantitative estimate of drug-likeness (QED) is 0.854. The Morgan fingerprint density at radius 1 is 1.20 bits per heavy atom. The molecule has 1 aliphatic heterocycles. The van der Waals surface area contributed by atoms with Gasteiger partial charge in [-0.1, -0.05) is 0 Å². The third kappa shape index (κ3) is 3.30. The van der Waals surface area contributed by atoms with Gasteiger partial charge in [-0.3, -0.25) is 4.79 Å². The van der Waals surface area contributed by atoms with Gasteiger partial charge >= 0.3 is 0 Å². The maximum atomic E-state index is 12.5. The van der Waals surface area contributed by atoms with Crippen LogP contribution in [-0.2, 0) is 5.54 Å². The average molecular weight is 340 g/mol. The lowest BCUT2D eigenvalue weighted by molar-refractivity contribution is 0.0473. The van der Waals surface area contributed by atoms with Gasteiger partial charge in [0.1, 0.15) is 6.33 Å². The number of carbonyl (C=O) groups excluding carboxylic acids is 1. The molecule has 1 aliphatic carbocycles. The third-order valence-electron chi connectivity index (χ3n) is 4.80. The first kappa shape index (κ1) is 15.9. The highest BCUT2D eigenvalue weighted by molar-refractivity contribution is 5.93. The number of anilines is 1. The van der Waals surface area contributed by atoms with Crippen molar-refractivity contribution in [3.63, 3.8) is 0 Å². The second kappa shape index (κ2) is 6.36. The maximum Gasteiger partial charge on any atom is 0.257 e. The number of hydrogen-bond donors (Lipinski definition) is 2. The summed E-state index contributed by atoms with van der Waals surface area (Å²) in [5, 5.41) is 13.0. The molecule has 1 saturated carbocycles. The number of β-amino-alcohol motifs (C(OH)–C–C–N with tert-alkyl or cyclic N) is 1. The van der Waals surface area contributed by atoms with Gasteiger partial charge in [-0.25, -0.2) is 19.9 Å². The summed E-state index contributed by atoms with van der Waals surface area (Å²) < 4.78 is 0. The van der Waals surface area contributed by atoms with Crippen LogP contribution in [0.3, 0.4) is 0 Å². The molecule has 1 atom stereocenters. The maximum absolute atomic E-state index is 12.5. The molecule has 0 unspecified atom stereocenters. The fourth-order valence-corrected chi connectivity index (χ4v) is 3.20. The van der Waals surface area contributed by atoms with Gasteiger partial charge in [-0.05, 0) is 25.7 Å². The molecule has 3 heterocycles. The van der Waals surface area contributed by atoms with E-state index in [1.807, 2.05) is 0 Å². The topological polar surface area (TPSA) is 104 Å². The second-order valence-electron chi connectivity index (χ2n) is 6.68. The van der Waals surface area contributed by atoms with Crippen molar-refractivity contribution in [2.45, 2.75) is 37.3 Å². The van der Waals surface area contributed by atoms with E-state index in [0.29, 0.717) is 24.6 Å². The van der Waals surface area contributed by atoms with Crippen LogP contribution in [0.5, 0.6) is 0 Å². The first-order valence-electron chi connectivity index (χ1n) is 8.49. The highest BCUT2D eigenvalue weighted by Crippen LogP contribution is 2.47. The Kier molecular flexibility index (Phi) is 4.04. The molecule has 130 valence electrons. The van der Waals surface area contributed by atoms with Gasteiger partial charge in [0.2, 0.25) is 5.95 Å². The minimum Gasteiger partial charge on any atom is -0.391 e. The van der Waals surface area contributed by atoms with Crippen molar-refractivity contribution in [1.29, 1.82) is 0 Å². The number of aromatic nitrogens is 4. The lowest BCUT2D eigenvalue weighted by Crippen LogP contribution is -2.42. The van der Waals surface area contributed by atoms with Gasteiger partial charge in [0.15, 0.2) is 0 Å². The first-order valence-corrected chi connectivity index (χ1v) is 8.49. The third-order valence-corrected chi connectivity index (χ3v) is 4.80. The van der Waals surface area contributed by atoms with E-state index >= 15 is 0 Å². The SMILES string of the molecule is O=C(c1cnc(NC2(c3cncnc3)CC2)nc1)N1CCC[C@@H](O)C1. The van der Waals surface area contributed by atoms with Crippen LogP contribution in [0.4, 0.5) is 5.95 Å². The lowest BCUT2D eigenvalue weighted by atomic mass is 10.1. The number of piperidine rings is 1. The summed E-state index contributed by atoms with van der Waals surface area (Å²) >= 11 is 0. The van der Waals surface area contributed by atoms with E-state index in [4.69, 9.17) is 0 Å². The van der Waals surface area contributed by atoms with Crippen LogP contribution >= 0.6 is 0 Å². The molecule has 2 aromatic rings. The predicted molar refractivity (Wildman–Crippen MR) is 89.7 cm³/mol. The summed E-state index contributed by atoms with van der Waals surface area (Å²) in [6, 6.07) is 0. The van der Waals surface area contributed by atoms with Crippen molar-refractivity contribution in [2.24, 2.45) is 0 Å². The van der Waals surface area contributed by atoms with Gasteiger partial charge in [0.25, 0.3) is 5.91 Å². The molecule has 1 saturated heterocycles. The Morgan fingerprint density at radius 3 is 2.56 bits per heavy atom. The summed E-state index contributed by atoms with van der Waals surface area (Å²) in [4.78, 5) is 30.8. The molecule has 0 aromatic carbocycles. The molecule has 2 fully saturated rings. The fourth-order valence-electron chi connectivity index (χ4n) is 3.20. The largest absolute Gasteiger partial charge is 0.391 e. The molecule has 2 aromatic heterocycles. The highest BCUT2D eigenvalue weighted by atomic mass is 16.3. The molecule has 0 bridgehead atoms. The summed E-state index contributed by atoms with van der Waals surface area (Å²) in [6.07, 6.45) is 11.2. The summed E-state index contributed by atoms with van der Waals surface area (Å²) in [5.74, 6) is 0.347. The zero-order chi connectivity index (χ0) is 17.3. The van der Waals surface area contributed by atoms with E-state index < -0.39 is 6.10 Å². The molecule has 8 heteroatoms. The molecule has 2 N–H and O–H groups in total. The summed E-state index contributed by atoms with van der Waals surface area (Å²) in [7, 11) is 0. The van der Waals surface area contributed by atoms with Gasteiger partial charge < -0.3 is 15.3 Å². The number of hydrogen-bond acceptors (Lipinski definition) is 7. The van der Waals surface area contributed by atoms with Gasteiger partial charge in [0, 0.05) is 43.4 Å². The van der Waals surface area contributed by atoms with Gasteiger partial charge in [0.05, 0.1) is 17.2 Å². The predicted octanol–water partition coefficient (Wildman–Crippen LogP) is 0.965. The van der Waals surface area contributed by atoms with E-state index in [1.54, 1.807) is 17.3 Å². The van der Waals surface area contributed by atoms with Crippen molar-refractivity contribution in [1.82, 2.24) is 24.8 Å². The van der Waals surface area contributed by atoms with Crippen molar-refractivity contribution < 1.29 is 9.90 Å². The zero-order valence-corrected chi connectivity index (χ0v) is 13.8. The van der Waals surface area contributed by atoms with E-state index in [9.17, 15) is 9.90 Å². The number of likely N-dealkylation sites (tertiary alicyclic amines) is 1. The van der Waals surface area contributed by atoms with Crippen LogP contribution in [0, 0.1) is 0 Å². The molecule has 4 rings (SSSR count). The van der Waals surface area contributed by atoms with Crippen molar-refractivity contribution in [3.8, 4) is 0 Å². The number of nitrogens with one attached hydrogen (secondary N) is 1. The van der Waals surface area contributed by atoms with E-state index in [2.05, 4.69) is 25.3 Å². The smallest absolute Gasteiger partial charge is 0.257 e. The number of rotatable bonds is 4. The number of aliphatic hydroxyl groups is 1. The number of aliphatic hydroxyl groups excluding tert-OH is 1. The van der Waals surface area contributed by atoms with Crippen LogP contribution in [-0.4, -0.2) is 55.0 Å². The Bertz CT molecular complexity index is 747. The normalized spacial score (nSPS) is 21.6. The standard InChI is InChI=1S/C17H20N6O2/c24-14-2-1-5-23(10-14)15(25)12-6-20-16(21-7-12)22-17(3-4-17)13-8-18-11-19-9-13/h6-9,11,14,24H,1-5,10H2,(H,20,21,22)/t14-/m1/s1. The minimum atomic E-state index is -0.442. The van der Waals surface area contributed by atoms with Gasteiger partial charge in [-0.2, -0.15) is 0 Å². The molecule has 2 aliphatic rings. The zero-order valence-electron chi connectivity index (χ0n) is 13.8. The monoisotopic (exact) mass is 340 g/mol. The van der Waals surface area contributed by atoms with Crippen LogP contribution < -0.4 is 5.32 Å². The molecule has 1 amide bonds. The van der Waals surface area contributed by atoms with Crippen LogP contribution in [0.25, 0.3) is 0 Å². The van der Waals surface area contributed by atoms with Crippen LogP contribution in [0.1, 0.15) is 41.6 Å². The average Bonchev–Trinajstić information content (AvgIpc) is 3.43. The van der Waals surface area contributed by atoms with E-state index in [1.165, 1.54) is 18.7 Å². The van der Waals surface area contributed by atoms with Crippen molar-refractivity contribution in [2.75, 3.05) is 18.4 Å². The second-order valence-corrected chi connectivity index (χ2v) is 6.68. The summed E-state index contributed by atoms with van der Waals surface area (Å²) in [6.45, 7) is 1.03. The Balaban J connectivity index is 1.45. The lowest BCUT2D eigenvalue weighted by Gasteiger charge is -2.30. The van der Waals surface area contributed by atoms with E-state index in [0.717, 1.165) is 31.2 Å². The van der Waals surface area contributed by atoms with E-state index in [-0.39, 0.29) is 11.4 Å². The Morgan fingerprint density at radius 2 is 1.92 bits per heavy atom. The first-order chi connectivity index (χ1) is 12.2.